The van der Waals surface area contributed by atoms with Crippen LogP contribution in [0.4, 0.5) is 0 Å². The summed E-state index contributed by atoms with van der Waals surface area (Å²) in [6, 6.07) is 2.83. The highest BCUT2D eigenvalue weighted by molar-refractivity contribution is 5.95. The van der Waals surface area contributed by atoms with Crippen LogP contribution in [0.1, 0.15) is 45.1 Å². The van der Waals surface area contributed by atoms with Crippen molar-refractivity contribution in [3.05, 3.63) is 29.8 Å². The third kappa shape index (κ3) is 7.00. The van der Waals surface area contributed by atoms with Gasteiger partial charge < -0.3 is 36.4 Å². The van der Waals surface area contributed by atoms with Crippen molar-refractivity contribution in [3.63, 3.8) is 0 Å². The van der Waals surface area contributed by atoms with E-state index in [4.69, 9.17) is 5.73 Å². The molecule has 4 amide bonds. The minimum Gasteiger partial charge on any atom is -0.508 e. The second-order valence-corrected chi connectivity index (χ2v) is 10.2. The van der Waals surface area contributed by atoms with E-state index < -0.39 is 53.8 Å². The number of rotatable bonds is 10. The lowest BCUT2D eigenvalue weighted by Crippen LogP contribution is -2.58. The number of aliphatic carboxylic acids is 1. The number of carboxylic acid groups (broad SMARTS) is 1. The molecule has 0 spiro atoms. The molecule has 2 saturated heterocycles. The number of carboxylic acids is 1. The van der Waals surface area contributed by atoms with Crippen LogP contribution in [0.5, 0.6) is 5.75 Å². The van der Waals surface area contributed by atoms with Crippen LogP contribution in [-0.4, -0.2) is 93.4 Å². The van der Waals surface area contributed by atoms with Gasteiger partial charge in [-0.25, -0.2) is 4.79 Å². The fourth-order valence-corrected chi connectivity index (χ4v) is 4.94. The van der Waals surface area contributed by atoms with Crippen LogP contribution in [0.2, 0.25) is 0 Å². The summed E-state index contributed by atoms with van der Waals surface area (Å²) < 4.78 is 0. The average Bonchev–Trinajstić information content (AvgIpc) is 3.56. The lowest BCUT2D eigenvalue weighted by atomic mass is 10.0. The minimum atomic E-state index is -1.07. The zero-order valence-corrected chi connectivity index (χ0v) is 21.8. The number of hydrogen-bond acceptors (Lipinski definition) is 7. The number of aromatic hydroxyl groups is 1. The van der Waals surface area contributed by atoms with Crippen LogP contribution in [0.3, 0.4) is 0 Å². The molecule has 6 N–H and O–H groups in total. The van der Waals surface area contributed by atoms with Crippen molar-refractivity contribution >= 4 is 29.6 Å². The van der Waals surface area contributed by atoms with E-state index in [1.54, 1.807) is 26.0 Å². The summed E-state index contributed by atoms with van der Waals surface area (Å²) in [4.78, 5) is 65.7. The average molecular weight is 532 g/mol. The van der Waals surface area contributed by atoms with Gasteiger partial charge in [0.05, 0.1) is 12.6 Å². The van der Waals surface area contributed by atoms with Crippen LogP contribution in [0.25, 0.3) is 0 Å². The summed E-state index contributed by atoms with van der Waals surface area (Å²) in [5.74, 6) is -3.12. The Morgan fingerprint density at radius 2 is 1.61 bits per heavy atom. The maximum absolute atomic E-state index is 13.4. The fourth-order valence-electron chi connectivity index (χ4n) is 4.94. The molecule has 12 nitrogen and oxygen atoms in total. The van der Waals surface area contributed by atoms with E-state index in [9.17, 15) is 34.2 Å². The lowest BCUT2D eigenvalue weighted by molar-refractivity contribution is -0.148. The van der Waals surface area contributed by atoms with Crippen molar-refractivity contribution in [1.29, 1.82) is 0 Å². The summed E-state index contributed by atoms with van der Waals surface area (Å²) >= 11 is 0. The monoisotopic (exact) mass is 531 g/mol. The first-order chi connectivity index (χ1) is 18.0. The smallest absolute Gasteiger partial charge is 0.326 e. The maximum atomic E-state index is 13.4. The van der Waals surface area contributed by atoms with Gasteiger partial charge in [0.1, 0.15) is 23.9 Å². The van der Waals surface area contributed by atoms with Gasteiger partial charge in [0.25, 0.3) is 0 Å². The number of nitrogens with two attached hydrogens (primary N) is 1. The van der Waals surface area contributed by atoms with Crippen LogP contribution in [-0.2, 0) is 30.4 Å². The zero-order valence-electron chi connectivity index (χ0n) is 21.8. The van der Waals surface area contributed by atoms with Gasteiger partial charge in [0.2, 0.25) is 23.6 Å². The molecule has 2 aliphatic rings. The Hall–Kier alpha value is -3.67. The summed E-state index contributed by atoms with van der Waals surface area (Å²) in [6.45, 7) is 3.87. The topological polar surface area (TPSA) is 182 Å². The van der Waals surface area contributed by atoms with E-state index in [0.29, 0.717) is 38.8 Å². The van der Waals surface area contributed by atoms with Crippen molar-refractivity contribution in [3.8, 4) is 5.75 Å². The molecular formula is C26H37N5O7. The summed E-state index contributed by atoms with van der Waals surface area (Å²) in [6.07, 6.45) is 2.17. The van der Waals surface area contributed by atoms with Crippen molar-refractivity contribution < 1.29 is 34.2 Å². The predicted molar refractivity (Wildman–Crippen MR) is 137 cm³/mol. The van der Waals surface area contributed by atoms with Crippen LogP contribution >= 0.6 is 0 Å². The van der Waals surface area contributed by atoms with Gasteiger partial charge in [-0.3, -0.25) is 19.2 Å². The van der Waals surface area contributed by atoms with E-state index in [-0.39, 0.29) is 24.6 Å². The first-order valence-corrected chi connectivity index (χ1v) is 12.9. The largest absolute Gasteiger partial charge is 0.508 e. The van der Waals surface area contributed by atoms with Crippen molar-refractivity contribution in [2.45, 2.75) is 70.1 Å². The Morgan fingerprint density at radius 1 is 1.00 bits per heavy atom. The molecule has 0 aliphatic carbocycles. The molecule has 0 unspecified atom stereocenters. The zero-order chi connectivity index (χ0) is 28.0. The molecule has 12 heteroatoms. The number of likely N-dealkylation sites (tertiary alicyclic amines) is 2. The molecule has 1 aromatic rings. The van der Waals surface area contributed by atoms with Crippen molar-refractivity contribution in [1.82, 2.24) is 20.4 Å². The maximum Gasteiger partial charge on any atom is 0.326 e. The normalized spacial score (nSPS) is 20.7. The van der Waals surface area contributed by atoms with Crippen molar-refractivity contribution in [2.24, 2.45) is 11.7 Å². The molecule has 0 aromatic heterocycles. The van der Waals surface area contributed by atoms with E-state index in [0.717, 1.165) is 5.56 Å². The number of nitrogens with zero attached hydrogens (tertiary/aromatic N) is 2. The number of carbonyl (C=O) groups excluding carboxylic acids is 4. The fraction of sp³-hybridized carbons (Fsp3) is 0.577. The van der Waals surface area contributed by atoms with Crippen LogP contribution in [0, 0.1) is 5.92 Å². The molecule has 0 bridgehead atoms. The third-order valence-corrected chi connectivity index (χ3v) is 7.07. The molecular weight excluding hydrogens is 494 g/mol. The van der Waals surface area contributed by atoms with Gasteiger partial charge in [-0.15, -0.1) is 0 Å². The number of hydrogen-bond donors (Lipinski definition) is 5. The number of carbonyl (C=O) groups is 5. The van der Waals surface area contributed by atoms with Crippen LogP contribution < -0.4 is 16.4 Å². The first kappa shape index (κ1) is 28.9. The Labute approximate surface area is 221 Å². The summed E-state index contributed by atoms with van der Waals surface area (Å²) in [7, 11) is 0. The molecule has 4 atom stereocenters. The van der Waals surface area contributed by atoms with Crippen molar-refractivity contribution in [2.75, 3.05) is 19.6 Å². The first-order valence-electron chi connectivity index (χ1n) is 12.9. The molecule has 2 heterocycles. The standard InChI is InChI=1S/C26H37N5O7/c1-15(2)22(29-23(34)18(27)13-16-7-9-17(32)10-8-16)25(36)31-12-3-5-19(31)24(35)28-14-21(33)30-11-4-6-20(30)26(37)38/h7-10,15,18-20,22,32H,3-6,11-14,27H2,1-2H3,(H,28,35)(H,29,34)(H,37,38)/t18-,19-,20-,22-/m0/s1. The molecule has 1 aromatic carbocycles. The highest BCUT2D eigenvalue weighted by Crippen LogP contribution is 2.21. The number of amides is 4. The Bertz CT molecular complexity index is 1040. The molecule has 2 fully saturated rings. The number of phenolic OH excluding ortho intramolecular Hbond substituents is 1. The van der Waals surface area contributed by atoms with E-state index in [1.807, 2.05) is 0 Å². The predicted octanol–water partition coefficient (Wildman–Crippen LogP) is -0.414. The van der Waals surface area contributed by atoms with Gasteiger partial charge in [-0.2, -0.15) is 0 Å². The summed E-state index contributed by atoms with van der Waals surface area (Å²) in [5.41, 5.74) is 6.83. The Kier molecular flexibility index (Phi) is 9.67. The van der Waals surface area contributed by atoms with Gasteiger partial charge in [-0.1, -0.05) is 26.0 Å². The minimum absolute atomic E-state index is 0.103. The number of benzene rings is 1. The number of nitrogens with one attached hydrogen (secondary N) is 2. The Morgan fingerprint density at radius 3 is 2.21 bits per heavy atom. The van der Waals surface area contributed by atoms with E-state index in [1.165, 1.54) is 21.9 Å². The lowest BCUT2D eigenvalue weighted by Gasteiger charge is -2.31. The summed E-state index contributed by atoms with van der Waals surface area (Å²) in [5, 5.41) is 24.0. The molecule has 38 heavy (non-hydrogen) atoms. The quantitative estimate of drug-likeness (QED) is 0.270. The highest BCUT2D eigenvalue weighted by Gasteiger charge is 2.40. The Balaban J connectivity index is 1.58. The second kappa shape index (κ2) is 12.7. The van der Waals surface area contributed by atoms with Gasteiger partial charge in [-0.05, 0) is 55.7 Å². The van der Waals surface area contributed by atoms with E-state index in [2.05, 4.69) is 10.6 Å². The van der Waals surface area contributed by atoms with E-state index >= 15 is 0 Å². The second-order valence-electron chi connectivity index (χ2n) is 10.2. The number of phenols is 1. The third-order valence-electron chi connectivity index (χ3n) is 7.07. The molecule has 0 radical (unpaired) electrons. The SMILES string of the molecule is CC(C)[C@H](NC(=O)[C@@H](N)Cc1ccc(O)cc1)C(=O)N1CCC[C@H]1C(=O)NCC(=O)N1CCC[C@H]1C(=O)O. The molecule has 208 valence electrons. The van der Waals surface area contributed by atoms with Gasteiger partial charge >= 0.3 is 5.97 Å². The van der Waals surface area contributed by atoms with Gasteiger partial charge in [0, 0.05) is 13.1 Å². The van der Waals surface area contributed by atoms with Gasteiger partial charge in [0.15, 0.2) is 0 Å². The highest BCUT2D eigenvalue weighted by atomic mass is 16.4. The van der Waals surface area contributed by atoms with Crippen LogP contribution in [0.15, 0.2) is 24.3 Å². The molecule has 0 saturated carbocycles. The molecule has 3 rings (SSSR count). The molecule has 2 aliphatic heterocycles.